The van der Waals surface area contributed by atoms with Crippen LogP contribution in [0.15, 0.2) is 71.8 Å². The van der Waals surface area contributed by atoms with E-state index in [9.17, 15) is 27.6 Å². The van der Waals surface area contributed by atoms with Gasteiger partial charge in [0.05, 0.1) is 33.1 Å². The van der Waals surface area contributed by atoms with Crippen molar-refractivity contribution in [1.82, 2.24) is 19.6 Å². The second kappa shape index (κ2) is 11.0. The first-order valence-electron chi connectivity index (χ1n) is 14.9. The van der Waals surface area contributed by atoms with E-state index in [2.05, 4.69) is 10.3 Å². The zero-order valence-corrected chi connectivity index (χ0v) is 24.8. The highest BCUT2D eigenvalue weighted by Crippen LogP contribution is 2.35. The molecule has 1 aliphatic heterocycles. The monoisotopic (exact) mass is 626 g/mol. The van der Waals surface area contributed by atoms with Crippen molar-refractivity contribution in [2.75, 3.05) is 43.9 Å². The summed E-state index contributed by atoms with van der Waals surface area (Å²) in [5, 5.41) is 5.06. The number of nitrogens with zero attached hydrogens (tertiary/aromatic N) is 4. The molecule has 0 fully saturated rings. The van der Waals surface area contributed by atoms with Gasteiger partial charge in [0.25, 0.3) is 11.8 Å². The fourth-order valence-corrected chi connectivity index (χ4v) is 6.49. The molecule has 46 heavy (non-hydrogen) atoms. The van der Waals surface area contributed by atoms with E-state index in [1.54, 1.807) is 40.8 Å². The minimum absolute atomic E-state index is 0.0153. The number of pyridine rings is 1. The number of nitrogens with one attached hydrogen (secondary N) is 1. The van der Waals surface area contributed by atoms with Gasteiger partial charge in [-0.05, 0) is 79.8 Å². The van der Waals surface area contributed by atoms with E-state index in [1.165, 1.54) is 17.3 Å². The summed E-state index contributed by atoms with van der Waals surface area (Å²) in [6.45, 7) is 2.02. The Balaban J connectivity index is 0.998. The number of carbonyl (C=O) groups is 2. The van der Waals surface area contributed by atoms with E-state index in [0.29, 0.717) is 82.3 Å². The summed E-state index contributed by atoms with van der Waals surface area (Å²) in [4.78, 5) is 47.5. The average Bonchev–Trinajstić information content (AvgIpc) is 3.46. The van der Waals surface area contributed by atoms with Crippen molar-refractivity contribution in [2.24, 2.45) is 0 Å². The predicted molar refractivity (Wildman–Crippen MR) is 172 cm³/mol. The number of nitrogens with two attached hydrogens (primary N) is 1. The van der Waals surface area contributed by atoms with Gasteiger partial charge in [0.2, 0.25) is 0 Å². The van der Waals surface area contributed by atoms with Crippen molar-refractivity contribution in [1.29, 1.82) is 0 Å². The molecule has 234 valence electrons. The number of nitrogen functional groups attached to an aromatic ring is 1. The van der Waals surface area contributed by atoms with Gasteiger partial charge in [-0.25, -0.2) is 4.98 Å². The Hall–Kier alpha value is -5.23. The molecule has 2 amide bonds. The van der Waals surface area contributed by atoms with Crippen LogP contribution in [0.4, 0.5) is 24.5 Å². The summed E-state index contributed by atoms with van der Waals surface area (Å²) in [7, 11) is 1.84. The number of carbonyl (C=O) groups excluding carboxylic acids is 2. The Morgan fingerprint density at radius 3 is 2.50 bits per heavy atom. The largest absolute Gasteiger partial charge is 0.416 e. The minimum atomic E-state index is -4.57. The van der Waals surface area contributed by atoms with Gasteiger partial charge in [0, 0.05) is 47.8 Å². The highest BCUT2D eigenvalue weighted by molar-refractivity contribution is 6.26. The summed E-state index contributed by atoms with van der Waals surface area (Å²) >= 11 is 0. The number of aromatic nitrogens is 2. The molecule has 12 heteroatoms. The van der Waals surface area contributed by atoms with Gasteiger partial charge in [0.15, 0.2) is 5.43 Å². The molecule has 0 saturated heterocycles. The minimum Gasteiger partial charge on any atom is -0.399 e. The van der Waals surface area contributed by atoms with Crippen molar-refractivity contribution >= 4 is 61.3 Å². The first-order valence-corrected chi connectivity index (χ1v) is 14.9. The molecule has 7 rings (SSSR count). The van der Waals surface area contributed by atoms with Gasteiger partial charge in [0.1, 0.15) is 6.33 Å². The van der Waals surface area contributed by atoms with Crippen LogP contribution in [0.2, 0.25) is 0 Å². The average molecular weight is 627 g/mol. The summed E-state index contributed by atoms with van der Waals surface area (Å²) in [5.74, 6) is -0.666. The molecule has 4 aromatic carbocycles. The third-order valence-electron chi connectivity index (χ3n) is 8.69. The molecule has 0 radical (unpaired) electrons. The molecule has 0 saturated carbocycles. The molecule has 9 nitrogen and oxygen atoms in total. The van der Waals surface area contributed by atoms with Gasteiger partial charge in [-0.2, -0.15) is 13.2 Å². The predicted octanol–water partition coefficient (Wildman–Crippen LogP) is 5.30. The highest BCUT2D eigenvalue weighted by Gasteiger charge is 2.33. The van der Waals surface area contributed by atoms with Gasteiger partial charge < -0.3 is 16.0 Å². The van der Waals surface area contributed by atoms with Crippen molar-refractivity contribution in [2.45, 2.75) is 19.0 Å². The lowest BCUT2D eigenvalue weighted by molar-refractivity contribution is -0.137. The maximum Gasteiger partial charge on any atom is 0.416 e. The number of hydrogen-bond acceptors (Lipinski definition) is 7. The van der Waals surface area contributed by atoms with Crippen LogP contribution < -0.4 is 21.4 Å². The van der Waals surface area contributed by atoms with E-state index in [1.807, 2.05) is 18.0 Å². The second-order valence-corrected chi connectivity index (χ2v) is 11.6. The smallest absolute Gasteiger partial charge is 0.399 e. The molecule has 0 atom stereocenters. The zero-order valence-electron chi connectivity index (χ0n) is 24.8. The molecular formula is C34H29F3N6O3. The van der Waals surface area contributed by atoms with Crippen molar-refractivity contribution in [3.8, 4) is 0 Å². The number of imide groups is 1. The van der Waals surface area contributed by atoms with Crippen molar-refractivity contribution in [3.05, 3.63) is 93.9 Å². The third-order valence-corrected chi connectivity index (χ3v) is 8.69. The topological polar surface area (TPSA) is 113 Å². The number of rotatable bonds is 9. The molecule has 0 unspecified atom stereocenters. The molecule has 0 bridgehead atoms. The van der Waals surface area contributed by atoms with Crippen LogP contribution in [-0.4, -0.2) is 59.3 Å². The van der Waals surface area contributed by atoms with E-state index in [-0.39, 0.29) is 23.7 Å². The zero-order chi connectivity index (χ0) is 32.3. The van der Waals surface area contributed by atoms with Crippen LogP contribution in [0.3, 0.4) is 0 Å². The Morgan fingerprint density at radius 1 is 0.913 bits per heavy atom. The van der Waals surface area contributed by atoms with Crippen LogP contribution in [0.5, 0.6) is 0 Å². The van der Waals surface area contributed by atoms with Gasteiger partial charge in [-0.15, -0.1) is 0 Å². The highest BCUT2D eigenvalue weighted by atomic mass is 19.4. The molecule has 1 aliphatic rings. The van der Waals surface area contributed by atoms with Gasteiger partial charge in [-0.1, -0.05) is 12.1 Å². The first kappa shape index (κ1) is 29.5. The van der Waals surface area contributed by atoms with Crippen LogP contribution in [-0.2, 0) is 6.18 Å². The fraction of sp³-hybridized carbons (Fsp3) is 0.235. The Bertz CT molecular complexity index is 2250. The van der Waals surface area contributed by atoms with E-state index in [0.717, 1.165) is 17.5 Å². The lowest BCUT2D eigenvalue weighted by Crippen LogP contribution is -2.41. The molecule has 3 heterocycles. The Morgan fingerprint density at radius 2 is 1.70 bits per heavy atom. The lowest BCUT2D eigenvalue weighted by Gasteiger charge is -2.27. The van der Waals surface area contributed by atoms with Crippen LogP contribution >= 0.6 is 0 Å². The second-order valence-electron chi connectivity index (χ2n) is 11.6. The molecule has 0 spiro atoms. The Labute approximate surface area is 260 Å². The number of imidazole rings is 1. The van der Waals surface area contributed by atoms with Crippen molar-refractivity contribution < 1.29 is 22.8 Å². The third kappa shape index (κ3) is 4.76. The number of amides is 2. The van der Waals surface area contributed by atoms with E-state index >= 15 is 0 Å². The molecule has 2 aromatic heterocycles. The van der Waals surface area contributed by atoms with Crippen LogP contribution in [0.25, 0.3) is 38.1 Å². The van der Waals surface area contributed by atoms with Gasteiger partial charge in [-0.3, -0.25) is 23.7 Å². The van der Waals surface area contributed by atoms with Crippen molar-refractivity contribution in [3.63, 3.8) is 0 Å². The summed E-state index contributed by atoms with van der Waals surface area (Å²) in [6, 6.07) is 15.5. The quantitative estimate of drug-likeness (QED) is 0.0970. The number of fused-ring (bicyclic) bond motifs is 2. The van der Waals surface area contributed by atoms with Gasteiger partial charge >= 0.3 is 6.18 Å². The summed E-state index contributed by atoms with van der Waals surface area (Å²) < 4.78 is 42.1. The molecule has 0 aliphatic carbocycles. The number of hydrogen-bond donors (Lipinski definition) is 2. The number of anilines is 2. The number of halogens is 3. The number of alkyl halides is 3. The maximum atomic E-state index is 13.7. The van der Waals surface area contributed by atoms with E-state index in [4.69, 9.17) is 5.73 Å². The summed E-state index contributed by atoms with van der Waals surface area (Å²) in [5.41, 5.74) is 8.19. The molecular weight excluding hydrogens is 597 g/mol. The normalized spacial score (nSPS) is 13.6. The molecule has 3 N–H and O–H groups in total. The lowest BCUT2D eigenvalue weighted by atomic mass is 9.93. The SMILES string of the molecule is CN(CCCNCCCN1C(=O)c2cccc3cc(N)cc(c23)C1=O)c1ccc2ncn3c4ccc(C(F)(F)F)cc4c(=O)c1c23. The van der Waals surface area contributed by atoms with Crippen LogP contribution in [0.1, 0.15) is 39.1 Å². The van der Waals surface area contributed by atoms with Crippen LogP contribution in [0, 0.1) is 0 Å². The number of benzene rings is 4. The maximum absolute atomic E-state index is 13.7. The first-order chi connectivity index (χ1) is 22.0. The van der Waals surface area contributed by atoms with E-state index < -0.39 is 17.2 Å². The fourth-order valence-electron chi connectivity index (χ4n) is 6.49. The Kier molecular flexibility index (Phi) is 7.04. The summed E-state index contributed by atoms with van der Waals surface area (Å²) in [6.07, 6.45) is -1.79. The standard InChI is InChI=1S/C34H29F3N6O3/c1-41(27-10-8-25-30-29(27)31(44)23-16-20(34(35,36)37)7-9-26(23)43(30)18-40-25)13-3-11-39-12-4-14-42-32(45)22-6-2-5-19-15-21(38)17-24(28(19)22)33(42)46/h2,5-10,15-18,39H,3-4,11-14,38H2,1H3. The molecule has 6 aromatic rings.